The number of benzene rings is 1. The summed E-state index contributed by atoms with van der Waals surface area (Å²) in [6, 6.07) is 10.5. The first-order valence-electron chi connectivity index (χ1n) is 8.92. The average molecular weight is 352 g/mol. The Morgan fingerprint density at radius 1 is 1.08 bits per heavy atom. The molecule has 1 aromatic carbocycles. The van der Waals surface area contributed by atoms with Crippen LogP contribution in [0.15, 0.2) is 42.6 Å². The Labute approximate surface area is 153 Å². The van der Waals surface area contributed by atoms with Gasteiger partial charge in [0, 0.05) is 49.2 Å². The number of hydrogen-bond acceptors (Lipinski definition) is 5. The summed E-state index contributed by atoms with van der Waals surface area (Å²) in [4.78, 5) is 33.1. The molecule has 1 amide bonds. The maximum Gasteiger partial charge on any atom is 0.255 e. The van der Waals surface area contributed by atoms with Crippen LogP contribution in [0, 0.1) is 0 Å². The van der Waals surface area contributed by atoms with Crippen molar-refractivity contribution in [3.63, 3.8) is 0 Å². The van der Waals surface area contributed by atoms with Crippen LogP contribution in [0.2, 0.25) is 0 Å². The number of nitrogens with one attached hydrogen (secondary N) is 1. The molecule has 2 heterocycles. The van der Waals surface area contributed by atoms with Crippen molar-refractivity contribution in [1.82, 2.24) is 9.88 Å². The average Bonchev–Trinajstić information content (AvgIpc) is 2.68. The van der Waals surface area contributed by atoms with E-state index in [9.17, 15) is 9.59 Å². The van der Waals surface area contributed by atoms with Crippen molar-refractivity contribution >= 4 is 23.2 Å². The van der Waals surface area contributed by atoms with Crippen molar-refractivity contribution in [2.75, 3.05) is 42.9 Å². The molecule has 6 nitrogen and oxygen atoms in total. The smallest absolute Gasteiger partial charge is 0.255 e. The highest BCUT2D eigenvalue weighted by molar-refractivity contribution is 6.05. The van der Waals surface area contributed by atoms with Gasteiger partial charge in [0.1, 0.15) is 5.82 Å². The van der Waals surface area contributed by atoms with Gasteiger partial charge in [-0.2, -0.15) is 0 Å². The second kappa shape index (κ2) is 8.10. The molecule has 0 radical (unpaired) electrons. The van der Waals surface area contributed by atoms with E-state index in [0.29, 0.717) is 16.8 Å². The van der Waals surface area contributed by atoms with Gasteiger partial charge in [-0.05, 0) is 37.7 Å². The molecule has 26 heavy (non-hydrogen) atoms. The molecule has 0 saturated carbocycles. The lowest BCUT2D eigenvalue weighted by Gasteiger charge is -2.34. The zero-order chi connectivity index (χ0) is 18.5. The number of hydrogen-bond donors (Lipinski definition) is 1. The number of pyridine rings is 1. The number of ketones is 1. The topological polar surface area (TPSA) is 65.5 Å². The summed E-state index contributed by atoms with van der Waals surface area (Å²) < 4.78 is 0. The van der Waals surface area contributed by atoms with Gasteiger partial charge in [0.2, 0.25) is 0 Å². The van der Waals surface area contributed by atoms with Gasteiger partial charge in [-0.3, -0.25) is 9.59 Å². The van der Waals surface area contributed by atoms with E-state index in [2.05, 4.69) is 27.0 Å². The highest BCUT2D eigenvalue weighted by Crippen LogP contribution is 2.17. The Bertz CT molecular complexity index is 798. The summed E-state index contributed by atoms with van der Waals surface area (Å²) in [5.74, 6) is 0.589. The van der Waals surface area contributed by atoms with Crippen LogP contribution in [-0.2, 0) is 0 Å². The Kier molecular flexibility index (Phi) is 5.63. The molecule has 0 aliphatic carbocycles. The molecule has 3 rings (SSSR count). The summed E-state index contributed by atoms with van der Waals surface area (Å²) >= 11 is 0. The molecule has 1 aliphatic rings. The van der Waals surface area contributed by atoms with E-state index in [1.165, 1.54) is 6.92 Å². The molecule has 1 aromatic heterocycles. The molecule has 1 aliphatic heterocycles. The van der Waals surface area contributed by atoms with E-state index >= 15 is 0 Å². The van der Waals surface area contributed by atoms with Crippen molar-refractivity contribution in [3.05, 3.63) is 53.7 Å². The minimum Gasteiger partial charge on any atom is -0.354 e. The third kappa shape index (κ3) is 4.26. The summed E-state index contributed by atoms with van der Waals surface area (Å²) in [6.07, 6.45) is 1.67. The first kappa shape index (κ1) is 18.1. The van der Waals surface area contributed by atoms with Crippen molar-refractivity contribution < 1.29 is 9.59 Å². The van der Waals surface area contributed by atoms with Gasteiger partial charge in [-0.1, -0.05) is 19.1 Å². The number of likely N-dealkylation sites (N-methyl/N-ethyl adjacent to an activating group) is 1. The van der Waals surface area contributed by atoms with Crippen molar-refractivity contribution in [2.24, 2.45) is 0 Å². The van der Waals surface area contributed by atoms with Gasteiger partial charge in [0.25, 0.3) is 5.91 Å². The molecule has 1 saturated heterocycles. The molecule has 2 aromatic rings. The molecule has 0 atom stereocenters. The number of rotatable bonds is 5. The van der Waals surface area contributed by atoms with Crippen LogP contribution in [-0.4, -0.2) is 54.3 Å². The molecule has 136 valence electrons. The van der Waals surface area contributed by atoms with Crippen LogP contribution in [0.25, 0.3) is 0 Å². The van der Waals surface area contributed by atoms with E-state index in [4.69, 9.17) is 0 Å². The number of carbonyl (C=O) groups excluding carboxylic acids is 2. The standard InChI is InChI=1S/C20H24N4O2/c1-3-23-9-11-24(12-10-23)19-14-17(7-8-21-19)20(26)22-18-6-4-5-16(13-18)15(2)25/h4-8,13-14H,3,9-12H2,1-2H3,(H,22,26). The fourth-order valence-corrected chi connectivity index (χ4v) is 3.04. The summed E-state index contributed by atoms with van der Waals surface area (Å²) in [5, 5.41) is 2.85. The number of carbonyl (C=O) groups is 2. The fraction of sp³-hybridized carbons (Fsp3) is 0.350. The van der Waals surface area contributed by atoms with Crippen molar-refractivity contribution in [2.45, 2.75) is 13.8 Å². The van der Waals surface area contributed by atoms with Gasteiger partial charge >= 0.3 is 0 Å². The zero-order valence-corrected chi connectivity index (χ0v) is 15.2. The van der Waals surface area contributed by atoms with E-state index in [-0.39, 0.29) is 11.7 Å². The van der Waals surface area contributed by atoms with E-state index in [0.717, 1.165) is 38.5 Å². The Hall–Kier alpha value is -2.73. The van der Waals surface area contributed by atoms with Crippen LogP contribution in [0.3, 0.4) is 0 Å². The number of anilines is 2. The predicted octanol–water partition coefficient (Wildman–Crippen LogP) is 2.68. The Balaban J connectivity index is 1.70. The minimum absolute atomic E-state index is 0.0292. The largest absolute Gasteiger partial charge is 0.354 e. The summed E-state index contributed by atoms with van der Waals surface area (Å²) in [6.45, 7) is 8.56. The van der Waals surface area contributed by atoms with E-state index in [1.54, 1.807) is 36.5 Å². The first-order chi connectivity index (χ1) is 12.6. The van der Waals surface area contributed by atoms with E-state index in [1.807, 2.05) is 6.07 Å². The number of aromatic nitrogens is 1. The maximum absolute atomic E-state index is 12.6. The molecule has 0 spiro atoms. The second-order valence-corrected chi connectivity index (χ2v) is 6.42. The quantitative estimate of drug-likeness (QED) is 0.838. The van der Waals surface area contributed by atoms with Gasteiger partial charge in [-0.15, -0.1) is 0 Å². The maximum atomic E-state index is 12.6. The number of nitrogens with zero attached hydrogens (tertiary/aromatic N) is 3. The van der Waals surface area contributed by atoms with Crippen molar-refractivity contribution in [3.8, 4) is 0 Å². The van der Waals surface area contributed by atoms with Gasteiger partial charge in [-0.25, -0.2) is 4.98 Å². The van der Waals surface area contributed by atoms with Gasteiger partial charge in [0.05, 0.1) is 0 Å². The first-order valence-corrected chi connectivity index (χ1v) is 8.92. The molecular weight excluding hydrogens is 328 g/mol. The molecule has 0 bridgehead atoms. The third-order valence-electron chi connectivity index (χ3n) is 4.68. The minimum atomic E-state index is -0.207. The number of amides is 1. The zero-order valence-electron chi connectivity index (χ0n) is 15.2. The molecule has 0 unspecified atom stereocenters. The lowest BCUT2D eigenvalue weighted by molar-refractivity contribution is 0.101. The van der Waals surface area contributed by atoms with E-state index < -0.39 is 0 Å². The lowest BCUT2D eigenvalue weighted by Crippen LogP contribution is -2.46. The Morgan fingerprint density at radius 2 is 1.85 bits per heavy atom. The van der Waals surface area contributed by atoms with Crippen LogP contribution in [0.4, 0.5) is 11.5 Å². The molecular formula is C20H24N4O2. The Morgan fingerprint density at radius 3 is 2.54 bits per heavy atom. The normalized spacial score (nSPS) is 14.9. The molecule has 1 fully saturated rings. The van der Waals surface area contributed by atoms with Gasteiger partial charge < -0.3 is 15.1 Å². The summed E-state index contributed by atoms with van der Waals surface area (Å²) in [7, 11) is 0. The van der Waals surface area contributed by atoms with Crippen LogP contribution >= 0.6 is 0 Å². The lowest BCUT2D eigenvalue weighted by atomic mass is 10.1. The predicted molar refractivity (Wildman–Crippen MR) is 103 cm³/mol. The summed E-state index contributed by atoms with van der Waals surface area (Å²) in [5.41, 5.74) is 1.74. The van der Waals surface area contributed by atoms with Crippen LogP contribution in [0.5, 0.6) is 0 Å². The highest BCUT2D eigenvalue weighted by atomic mass is 16.1. The van der Waals surface area contributed by atoms with Crippen LogP contribution in [0.1, 0.15) is 34.6 Å². The monoisotopic (exact) mass is 352 g/mol. The number of Topliss-reactive ketones (excluding diaryl/α,β-unsaturated/α-hetero) is 1. The second-order valence-electron chi connectivity index (χ2n) is 6.42. The molecule has 1 N–H and O–H groups in total. The molecule has 6 heteroatoms. The number of piperazine rings is 1. The third-order valence-corrected chi connectivity index (χ3v) is 4.68. The SMILES string of the molecule is CCN1CCN(c2cc(C(=O)Nc3cccc(C(C)=O)c3)ccn2)CC1. The van der Waals surface area contributed by atoms with Crippen LogP contribution < -0.4 is 10.2 Å². The fourth-order valence-electron chi connectivity index (χ4n) is 3.04. The highest BCUT2D eigenvalue weighted by Gasteiger charge is 2.18. The van der Waals surface area contributed by atoms with Crippen molar-refractivity contribution in [1.29, 1.82) is 0 Å². The van der Waals surface area contributed by atoms with Gasteiger partial charge in [0.15, 0.2) is 5.78 Å².